The highest BCUT2D eigenvalue weighted by molar-refractivity contribution is 5.66. The van der Waals surface area contributed by atoms with E-state index in [1.165, 1.54) is 0 Å². The Labute approximate surface area is 172 Å². The van der Waals surface area contributed by atoms with Crippen LogP contribution in [0, 0.1) is 17.8 Å². The van der Waals surface area contributed by atoms with E-state index in [4.69, 9.17) is 14.6 Å². The SMILES string of the molecule is O=C(O)CCC[C@H]1CC[C@@H]2C(/C=C/[C@@H](O)COc3ccccc3)[C@H](O)C[C@@H]2OC1. The number of hydrogen-bond donors (Lipinski definition) is 3. The number of carboxylic acid groups (broad SMARTS) is 1. The molecule has 6 nitrogen and oxygen atoms in total. The van der Waals surface area contributed by atoms with Crippen LogP contribution < -0.4 is 4.74 Å². The number of benzene rings is 1. The van der Waals surface area contributed by atoms with Crippen LogP contribution in [0.5, 0.6) is 5.75 Å². The molecule has 1 aromatic carbocycles. The number of aliphatic hydroxyl groups is 2. The third kappa shape index (κ3) is 6.56. The summed E-state index contributed by atoms with van der Waals surface area (Å²) in [7, 11) is 0. The zero-order valence-corrected chi connectivity index (χ0v) is 16.7. The van der Waals surface area contributed by atoms with Crippen molar-refractivity contribution in [2.24, 2.45) is 17.8 Å². The molecule has 0 amide bonds. The highest BCUT2D eigenvalue weighted by Crippen LogP contribution is 2.42. The first-order valence-corrected chi connectivity index (χ1v) is 10.6. The van der Waals surface area contributed by atoms with E-state index in [9.17, 15) is 15.0 Å². The Kier molecular flexibility index (Phi) is 8.09. The highest BCUT2D eigenvalue weighted by Gasteiger charge is 2.43. The van der Waals surface area contributed by atoms with E-state index in [0.717, 1.165) is 19.3 Å². The molecule has 1 heterocycles. The summed E-state index contributed by atoms with van der Waals surface area (Å²) < 4.78 is 11.7. The second kappa shape index (κ2) is 10.8. The molecule has 1 saturated carbocycles. The maximum absolute atomic E-state index is 10.7. The molecular formula is C23H32O6. The molecule has 2 aliphatic rings. The van der Waals surface area contributed by atoms with Gasteiger partial charge in [-0.3, -0.25) is 4.79 Å². The molecule has 1 aliphatic carbocycles. The lowest BCUT2D eigenvalue weighted by Gasteiger charge is -2.21. The molecule has 1 saturated heterocycles. The van der Waals surface area contributed by atoms with Crippen molar-refractivity contribution < 1.29 is 29.6 Å². The molecule has 0 spiro atoms. The van der Waals surface area contributed by atoms with E-state index in [0.29, 0.717) is 31.1 Å². The lowest BCUT2D eigenvalue weighted by Crippen LogP contribution is -2.22. The molecule has 0 aromatic heterocycles. The summed E-state index contributed by atoms with van der Waals surface area (Å²) in [6.45, 7) is 0.803. The Bertz CT molecular complexity index is 661. The predicted octanol–water partition coefficient (Wildman–Crippen LogP) is 3.03. The summed E-state index contributed by atoms with van der Waals surface area (Å²) in [6.07, 6.45) is 6.75. The quantitative estimate of drug-likeness (QED) is 0.548. The summed E-state index contributed by atoms with van der Waals surface area (Å²) in [5.41, 5.74) is 0. The van der Waals surface area contributed by atoms with E-state index >= 15 is 0 Å². The molecule has 6 heteroatoms. The molecule has 1 aromatic rings. The van der Waals surface area contributed by atoms with Crippen molar-refractivity contribution in [2.75, 3.05) is 13.2 Å². The first kappa shape index (κ1) is 21.8. The number of rotatable bonds is 9. The van der Waals surface area contributed by atoms with Crippen molar-refractivity contribution in [2.45, 2.75) is 56.8 Å². The Balaban J connectivity index is 1.49. The normalized spacial score (nSPS) is 30.6. The molecule has 1 aliphatic heterocycles. The van der Waals surface area contributed by atoms with Crippen molar-refractivity contribution in [1.29, 1.82) is 0 Å². The van der Waals surface area contributed by atoms with Crippen molar-refractivity contribution in [3.63, 3.8) is 0 Å². The van der Waals surface area contributed by atoms with Gasteiger partial charge in [-0.2, -0.15) is 0 Å². The molecule has 3 N–H and O–H groups in total. The van der Waals surface area contributed by atoms with Gasteiger partial charge in [-0.05, 0) is 49.7 Å². The van der Waals surface area contributed by atoms with E-state index in [-0.39, 0.29) is 31.0 Å². The lowest BCUT2D eigenvalue weighted by atomic mass is 9.86. The number of ether oxygens (including phenoxy) is 2. The number of hydrogen-bond acceptors (Lipinski definition) is 5. The third-order valence-corrected chi connectivity index (χ3v) is 6.07. The molecule has 3 rings (SSSR count). The minimum absolute atomic E-state index is 0.0295. The maximum Gasteiger partial charge on any atom is 0.303 e. The summed E-state index contributed by atoms with van der Waals surface area (Å²) >= 11 is 0. The van der Waals surface area contributed by atoms with Crippen LogP contribution >= 0.6 is 0 Å². The Morgan fingerprint density at radius 3 is 2.83 bits per heavy atom. The number of carbonyl (C=O) groups is 1. The molecule has 2 fully saturated rings. The number of carboxylic acids is 1. The van der Waals surface area contributed by atoms with Crippen LogP contribution in [-0.2, 0) is 9.53 Å². The number of aliphatic hydroxyl groups excluding tert-OH is 2. The molecule has 29 heavy (non-hydrogen) atoms. The van der Waals surface area contributed by atoms with Crippen molar-refractivity contribution in [1.82, 2.24) is 0 Å². The minimum Gasteiger partial charge on any atom is -0.491 e. The maximum atomic E-state index is 10.7. The van der Waals surface area contributed by atoms with Crippen LogP contribution in [0.4, 0.5) is 0 Å². The fourth-order valence-electron chi connectivity index (χ4n) is 4.50. The van der Waals surface area contributed by atoms with Crippen LogP contribution in [0.2, 0.25) is 0 Å². The second-order valence-electron chi connectivity index (χ2n) is 8.22. The highest BCUT2D eigenvalue weighted by atomic mass is 16.5. The number of fused-ring (bicyclic) bond motifs is 1. The summed E-state index contributed by atoms with van der Waals surface area (Å²) in [5, 5.41) is 29.5. The Morgan fingerprint density at radius 1 is 1.28 bits per heavy atom. The summed E-state index contributed by atoms with van der Waals surface area (Å²) in [4.78, 5) is 10.7. The van der Waals surface area contributed by atoms with Crippen LogP contribution in [0.25, 0.3) is 0 Å². The van der Waals surface area contributed by atoms with Crippen molar-refractivity contribution in [3.05, 3.63) is 42.5 Å². The molecule has 0 bridgehead atoms. The van der Waals surface area contributed by atoms with Gasteiger partial charge in [0.1, 0.15) is 18.5 Å². The standard InChI is InChI=1S/C23H32O6/c24-17(15-28-18-6-2-1-3-7-18)10-12-19-20-11-9-16(5-4-8-23(26)27)14-29-22(20)13-21(19)25/h1-3,6-7,10,12,16-17,19-22,24-25H,4-5,8-9,11,13-15H2,(H,26,27)/b12-10+/t16-,17+,19?,20+,21+,22-/m0/s1. The van der Waals surface area contributed by atoms with Gasteiger partial charge in [0, 0.05) is 25.4 Å². The average Bonchev–Trinajstić information content (AvgIpc) is 2.87. The van der Waals surface area contributed by atoms with E-state index in [1.807, 2.05) is 36.4 Å². The first-order chi connectivity index (χ1) is 14.0. The topological polar surface area (TPSA) is 96.2 Å². The average molecular weight is 405 g/mol. The third-order valence-electron chi connectivity index (χ3n) is 6.07. The van der Waals surface area contributed by atoms with Crippen LogP contribution in [0.3, 0.4) is 0 Å². The monoisotopic (exact) mass is 404 g/mol. The minimum atomic E-state index is -0.750. The van der Waals surface area contributed by atoms with Gasteiger partial charge in [-0.25, -0.2) is 0 Å². The molecule has 1 unspecified atom stereocenters. The van der Waals surface area contributed by atoms with Gasteiger partial charge in [-0.15, -0.1) is 0 Å². The zero-order valence-electron chi connectivity index (χ0n) is 16.7. The van der Waals surface area contributed by atoms with Crippen molar-refractivity contribution in [3.8, 4) is 5.75 Å². The van der Waals surface area contributed by atoms with Crippen LogP contribution in [0.15, 0.2) is 42.5 Å². The fourth-order valence-corrected chi connectivity index (χ4v) is 4.50. The Hall–Kier alpha value is -1.89. The smallest absolute Gasteiger partial charge is 0.303 e. The van der Waals surface area contributed by atoms with E-state index in [1.54, 1.807) is 6.08 Å². The van der Waals surface area contributed by atoms with Crippen molar-refractivity contribution >= 4 is 5.97 Å². The lowest BCUT2D eigenvalue weighted by molar-refractivity contribution is -0.137. The van der Waals surface area contributed by atoms with Gasteiger partial charge in [0.2, 0.25) is 0 Å². The number of aliphatic carboxylic acids is 1. The Morgan fingerprint density at radius 2 is 2.07 bits per heavy atom. The molecular weight excluding hydrogens is 372 g/mol. The summed E-state index contributed by atoms with van der Waals surface area (Å²) in [5.74, 6) is 0.537. The van der Waals surface area contributed by atoms with Crippen LogP contribution in [0.1, 0.15) is 38.5 Å². The molecule has 160 valence electrons. The van der Waals surface area contributed by atoms with Gasteiger partial charge in [0.05, 0.1) is 12.2 Å². The van der Waals surface area contributed by atoms with Gasteiger partial charge < -0.3 is 24.8 Å². The zero-order chi connectivity index (χ0) is 20.6. The van der Waals surface area contributed by atoms with Gasteiger partial charge in [0.25, 0.3) is 0 Å². The van der Waals surface area contributed by atoms with E-state index < -0.39 is 18.2 Å². The summed E-state index contributed by atoms with van der Waals surface area (Å²) in [6, 6.07) is 9.36. The van der Waals surface area contributed by atoms with Gasteiger partial charge in [-0.1, -0.05) is 30.4 Å². The van der Waals surface area contributed by atoms with E-state index in [2.05, 4.69) is 0 Å². The fraction of sp³-hybridized carbons (Fsp3) is 0.609. The van der Waals surface area contributed by atoms with Gasteiger partial charge in [0.15, 0.2) is 0 Å². The second-order valence-corrected chi connectivity index (χ2v) is 8.22. The predicted molar refractivity (Wildman–Crippen MR) is 109 cm³/mol. The van der Waals surface area contributed by atoms with Crippen LogP contribution in [-0.4, -0.2) is 52.8 Å². The largest absolute Gasteiger partial charge is 0.491 e. The van der Waals surface area contributed by atoms with Gasteiger partial charge >= 0.3 is 5.97 Å². The number of para-hydroxylation sites is 1. The first-order valence-electron chi connectivity index (χ1n) is 10.6. The molecule has 6 atom stereocenters. The molecule has 0 radical (unpaired) electrons.